The average Bonchev–Trinajstić information content (AvgIpc) is 3.40. The number of methoxy groups -OCH3 is 1. The molecule has 41 heavy (non-hydrogen) atoms. The van der Waals surface area contributed by atoms with Crippen LogP contribution in [0.15, 0.2) is 97.2 Å². The van der Waals surface area contributed by atoms with Crippen molar-refractivity contribution in [1.29, 1.82) is 0 Å². The van der Waals surface area contributed by atoms with E-state index < -0.39 is 0 Å². The molecule has 7 nitrogen and oxygen atoms in total. The van der Waals surface area contributed by atoms with Gasteiger partial charge in [0.25, 0.3) is 0 Å². The summed E-state index contributed by atoms with van der Waals surface area (Å²) in [6.45, 7) is 3.56. The van der Waals surface area contributed by atoms with Crippen molar-refractivity contribution in [3.8, 4) is 28.7 Å². The fourth-order valence-corrected chi connectivity index (χ4v) is 4.85. The van der Waals surface area contributed by atoms with Gasteiger partial charge < -0.3 is 34.5 Å². The van der Waals surface area contributed by atoms with Gasteiger partial charge >= 0.3 is 0 Å². The summed E-state index contributed by atoms with van der Waals surface area (Å²) in [7, 11) is 1.67. The highest BCUT2D eigenvalue weighted by Gasteiger charge is 2.15. The Labute approximate surface area is 245 Å². The lowest BCUT2D eigenvalue weighted by molar-refractivity contribution is 0.317. The number of nitrogens with zero attached hydrogens (tertiary/aromatic N) is 1. The summed E-state index contributed by atoms with van der Waals surface area (Å²) in [5.41, 5.74) is 4.07. The minimum atomic E-state index is 0.119. The van der Waals surface area contributed by atoms with Gasteiger partial charge in [-0.25, -0.2) is 0 Å². The minimum absolute atomic E-state index is 0.119. The molecule has 0 saturated carbocycles. The number of nitrogens with one attached hydrogen (secondary N) is 2. The lowest BCUT2D eigenvalue weighted by atomic mass is 10.1. The second-order valence-corrected chi connectivity index (χ2v) is 9.89. The Bertz CT molecular complexity index is 1600. The predicted molar refractivity (Wildman–Crippen MR) is 167 cm³/mol. The quantitative estimate of drug-likeness (QED) is 0.143. The first kappa shape index (κ1) is 27.9. The van der Waals surface area contributed by atoms with Crippen LogP contribution < -0.4 is 19.5 Å². The summed E-state index contributed by atoms with van der Waals surface area (Å²) in [4.78, 5) is 5.47. The monoisotopic (exact) mass is 567 g/mol. The number of phenolic OH excluding ortho intramolecular Hbond substituents is 1. The molecule has 0 aliphatic heterocycles. The van der Waals surface area contributed by atoms with Crippen LogP contribution >= 0.6 is 12.2 Å². The van der Waals surface area contributed by atoms with Gasteiger partial charge in [0.1, 0.15) is 17.2 Å². The molecule has 1 heterocycles. The Balaban J connectivity index is 1.33. The van der Waals surface area contributed by atoms with E-state index in [1.54, 1.807) is 13.2 Å². The second kappa shape index (κ2) is 13.1. The molecule has 0 bridgehead atoms. The van der Waals surface area contributed by atoms with Gasteiger partial charge in [-0.3, -0.25) is 0 Å². The van der Waals surface area contributed by atoms with E-state index in [2.05, 4.69) is 21.3 Å². The number of hydrogen-bond acceptors (Lipinski definition) is 5. The Morgan fingerprint density at radius 3 is 2.44 bits per heavy atom. The fourth-order valence-electron chi connectivity index (χ4n) is 4.58. The summed E-state index contributed by atoms with van der Waals surface area (Å²) in [5.74, 6) is 2.92. The van der Waals surface area contributed by atoms with Gasteiger partial charge in [0, 0.05) is 35.9 Å². The van der Waals surface area contributed by atoms with Crippen molar-refractivity contribution in [2.45, 2.75) is 19.9 Å². The topological polar surface area (TPSA) is 79.0 Å². The molecule has 0 fully saturated rings. The molecule has 0 radical (unpaired) electrons. The Hall–Kier alpha value is -4.69. The van der Waals surface area contributed by atoms with Crippen LogP contribution in [-0.4, -0.2) is 40.4 Å². The number of benzene rings is 4. The normalized spacial score (nSPS) is 10.8. The number of rotatable bonds is 11. The molecule has 5 aromatic rings. The minimum Gasteiger partial charge on any atom is -0.504 e. The van der Waals surface area contributed by atoms with E-state index in [0.29, 0.717) is 30.6 Å². The van der Waals surface area contributed by atoms with Crippen LogP contribution in [0.4, 0.5) is 5.69 Å². The molecule has 8 heteroatoms. The van der Waals surface area contributed by atoms with Crippen LogP contribution in [0.2, 0.25) is 0 Å². The Morgan fingerprint density at radius 2 is 1.68 bits per heavy atom. The summed E-state index contributed by atoms with van der Waals surface area (Å²) in [6, 6.07) is 28.8. The highest BCUT2D eigenvalue weighted by atomic mass is 32.1. The van der Waals surface area contributed by atoms with Gasteiger partial charge in [-0.05, 0) is 103 Å². The number of anilines is 1. The SMILES string of the molecule is CCOc1cc(CN(CCc2c[nH]c3ccc(OC)cc23)C(=S)Nc2ccc(Oc3ccccc3)cc2)ccc1O. The van der Waals surface area contributed by atoms with Crippen molar-refractivity contribution in [2.75, 3.05) is 25.6 Å². The molecule has 0 atom stereocenters. The lowest BCUT2D eigenvalue weighted by Crippen LogP contribution is -2.35. The summed E-state index contributed by atoms with van der Waals surface area (Å²) in [6.07, 6.45) is 2.80. The number of hydrogen-bond donors (Lipinski definition) is 3. The molecular weight excluding hydrogens is 534 g/mol. The molecule has 0 unspecified atom stereocenters. The first-order valence-corrected chi connectivity index (χ1v) is 13.9. The van der Waals surface area contributed by atoms with Gasteiger partial charge in [0.15, 0.2) is 16.6 Å². The van der Waals surface area contributed by atoms with Crippen LogP contribution in [0.25, 0.3) is 10.9 Å². The van der Waals surface area contributed by atoms with Gasteiger partial charge in [-0.1, -0.05) is 24.3 Å². The summed E-state index contributed by atoms with van der Waals surface area (Å²) < 4.78 is 17.0. The molecule has 3 N–H and O–H groups in total. The molecule has 5 rings (SSSR count). The standard InChI is InChI=1S/C33H33N3O4S/c1-3-39-32-19-23(9-16-31(32)37)22-36(18-17-24-21-34-30-15-14-28(38-2)20-29(24)30)33(41)35-25-10-12-27(13-11-25)40-26-7-5-4-6-8-26/h4-16,19-21,34,37H,3,17-18,22H2,1-2H3,(H,35,41). The first-order valence-electron chi connectivity index (χ1n) is 13.5. The predicted octanol–water partition coefficient (Wildman–Crippen LogP) is 7.51. The molecule has 1 aromatic heterocycles. The molecule has 4 aromatic carbocycles. The van der Waals surface area contributed by atoms with Gasteiger partial charge in [-0.15, -0.1) is 0 Å². The maximum absolute atomic E-state index is 10.2. The van der Waals surface area contributed by atoms with Crippen molar-refractivity contribution >= 4 is 33.9 Å². The number of phenols is 1. The highest BCUT2D eigenvalue weighted by Crippen LogP contribution is 2.29. The first-order chi connectivity index (χ1) is 20.0. The molecule has 0 spiro atoms. The smallest absolute Gasteiger partial charge is 0.173 e. The van der Waals surface area contributed by atoms with Crippen molar-refractivity contribution < 1.29 is 19.3 Å². The third kappa shape index (κ3) is 7.10. The van der Waals surface area contributed by atoms with Crippen molar-refractivity contribution in [3.05, 3.63) is 108 Å². The van der Waals surface area contributed by atoms with E-state index >= 15 is 0 Å². The summed E-state index contributed by atoms with van der Waals surface area (Å²) >= 11 is 5.91. The Morgan fingerprint density at radius 1 is 0.927 bits per heavy atom. The van der Waals surface area contributed by atoms with Crippen molar-refractivity contribution in [1.82, 2.24) is 9.88 Å². The largest absolute Gasteiger partial charge is 0.504 e. The zero-order valence-corrected chi connectivity index (χ0v) is 23.9. The number of aromatic nitrogens is 1. The van der Waals surface area contributed by atoms with E-state index in [1.165, 1.54) is 5.56 Å². The number of ether oxygens (including phenoxy) is 3. The van der Waals surface area contributed by atoms with Crippen LogP contribution in [0.1, 0.15) is 18.1 Å². The third-order valence-electron chi connectivity index (χ3n) is 6.69. The zero-order valence-electron chi connectivity index (χ0n) is 23.1. The second-order valence-electron chi connectivity index (χ2n) is 9.50. The maximum atomic E-state index is 10.2. The zero-order chi connectivity index (χ0) is 28.6. The Kier molecular flexibility index (Phi) is 8.91. The van der Waals surface area contributed by atoms with E-state index in [-0.39, 0.29) is 5.75 Å². The van der Waals surface area contributed by atoms with Gasteiger partial charge in [0.2, 0.25) is 0 Å². The number of H-pyrrole nitrogens is 1. The number of fused-ring (bicyclic) bond motifs is 1. The molecule has 0 amide bonds. The van der Waals surface area contributed by atoms with Crippen LogP contribution in [-0.2, 0) is 13.0 Å². The maximum Gasteiger partial charge on any atom is 0.173 e. The van der Waals surface area contributed by atoms with E-state index in [0.717, 1.165) is 45.8 Å². The number of thiocarbonyl (C=S) groups is 1. The average molecular weight is 568 g/mol. The lowest BCUT2D eigenvalue weighted by Gasteiger charge is -2.26. The van der Waals surface area contributed by atoms with E-state index in [4.69, 9.17) is 26.4 Å². The van der Waals surface area contributed by atoms with Crippen molar-refractivity contribution in [3.63, 3.8) is 0 Å². The van der Waals surface area contributed by atoms with Gasteiger partial charge in [-0.2, -0.15) is 0 Å². The fraction of sp³-hybridized carbons (Fsp3) is 0.182. The number of para-hydroxylation sites is 1. The summed E-state index contributed by atoms with van der Waals surface area (Å²) in [5, 5.41) is 15.3. The molecule has 0 saturated heterocycles. The van der Waals surface area contributed by atoms with Crippen LogP contribution in [0.5, 0.6) is 28.7 Å². The molecule has 210 valence electrons. The van der Waals surface area contributed by atoms with E-state index in [1.807, 2.05) is 92.0 Å². The molecular formula is C33H33N3O4S. The highest BCUT2D eigenvalue weighted by molar-refractivity contribution is 7.80. The number of aromatic hydroxyl groups is 1. The molecule has 0 aliphatic rings. The van der Waals surface area contributed by atoms with Crippen molar-refractivity contribution in [2.24, 2.45) is 0 Å². The van der Waals surface area contributed by atoms with E-state index in [9.17, 15) is 5.11 Å². The number of aromatic amines is 1. The van der Waals surface area contributed by atoms with Gasteiger partial charge in [0.05, 0.1) is 13.7 Å². The van der Waals surface area contributed by atoms with Crippen LogP contribution in [0, 0.1) is 0 Å². The third-order valence-corrected chi connectivity index (χ3v) is 7.06. The van der Waals surface area contributed by atoms with Crippen LogP contribution in [0.3, 0.4) is 0 Å². The molecule has 0 aliphatic carbocycles.